The summed E-state index contributed by atoms with van der Waals surface area (Å²) >= 11 is 0. The first-order chi connectivity index (χ1) is 12.4. The molecule has 0 aliphatic rings. The van der Waals surface area contributed by atoms with Gasteiger partial charge in [0.15, 0.2) is 6.61 Å². The maximum absolute atomic E-state index is 13.5. The average molecular weight is 358 g/mol. The van der Waals surface area contributed by atoms with Crippen LogP contribution in [0.3, 0.4) is 0 Å². The molecule has 0 spiro atoms. The van der Waals surface area contributed by atoms with Crippen LogP contribution in [0.1, 0.15) is 21.5 Å². The van der Waals surface area contributed by atoms with Crippen LogP contribution in [-0.2, 0) is 14.3 Å². The highest BCUT2D eigenvalue weighted by Gasteiger charge is 2.14. The molecule has 0 aliphatic carbocycles. The molecule has 26 heavy (non-hydrogen) atoms. The lowest BCUT2D eigenvalue weighted by atomic mass is 10.1. The monoisotopic (exact) mass is 358 g/mol. The molecule has 2 aromatic carbocycles. The Kier molecular flexibility index (Phi) is 6.43. The van der Waals surface area contributed by atoms with Gasteiger partial charge in [0.05, 0.1) is 5.56 Å². The summed E-state index contributed by atoms with van der Waals surface area (Å²) in [6.07, 6.45) is 0. The van der Waals surface area contributed by atoms with Gasteiger partial charge < -0.3 is 15.4 Å². The molecule has 136 valence electrons. The van der Waals surface area contributed by atoms with E-state index in [0.29, 0.717) is 5.69 Å². The lowest BCUT2D eigenvalue weighted by Crippen LogP contribution is -2.32. The van der Waals surface area contributed by atoms with Crippen LogP contribution in [0.5, 0.6) is 0 Å². The van der Waals surface area contributed by atoms with Crippen molar-refractivity contribution in [2.75, 3.05) is 18.5 Å². The molecule has 0 fully saturated rings. The first-order valence-electron chi connectivity index (χ1n) is 7.93. The van der Waals surface area contributed by atoms with Gasteiger partial charge in [-0.05, 0) is 43.2 Å². The van der Waals surface area contributed by atoms with E-state index >= 15 is 0 Å². The molecular weight excluding hydrogens is 339 g/mol. The minimum atomic E-state index is -0.800. The number of carbonyl (C=O) groups excluding carboxylic acids is 3. The summed E-state index contributed by atoms with van der Waals surface area (Å²) in [5, 5.41) is 4.90. The smallest absolute Gasteiger partial charge is 0.325 e. The Balaban J connectivity index is 1.78. The zero-order valence-electron chi connectivity index (χ0n) is 14.5. The van der Waals surface area contributed by atoms with Crippen LogP contribution >= 0.6 is 0 Å². The highest BCUT2D eigenvalue weighted by molar-refractivity contribution is 5.97. The fourth-order valence-electron chi connectivity index (χ4n) is 2.16. The Labute approximate surface area is 150 Å². The summed E-state index contributed by atoms with van der Waals surface area (Å²) in [5.41, 5.74) is 2.41. The van der Waals surface area contributed by atoms with Gasteiger partial charge >= 0.3 is 5.97 Å². The lowest BCUT2D eigenvalue weighted by molar-refractivity contribution is -0.146. The Morgan fingerprint density at radius 2 is 1.77 bits per heavy atom. The number of amides is 2. The number of hydrogen-bond acceptors (Lipinski definition) is 4. The molecule has 2 aromatic rings. The maximum atomic E-state index is 13.5. The van der Waals surface area contributed by atoms with Gasteiger partial charge in [0, 0.05) is 5.69 Å². The van der Waals surface area contributed by atoms with Gasteiger partial charge in [-0.3, -0.25) is 14.4 Å². The van der Waals surface area contributed by atoms with E-state index in [1.165, 1.54) is 18.2 Å². The molecule has 0 saturated heterocycles. The number of carbonyl (C=O) groups is 3. The number of esters is 1. The average Bonchev–Trinajstić information content (AvgIpc) is 2.62. The molecule has 0 saturated carbocycles. The molecular formula is C19H19FN2O4. The van der Waals surface area contributed by atoms with E-state index in [-0.39, 0.29) is 5.56 Å². The van der Waals surface area contributed by atoms with Crippen molar-refractivity contribution in [2.45, 2.75) is 13.8 Å². The van der Waals surface area contributed by atoms with Crippen molar-refractivity contribution in [3.63, 3.8) is 0 Å². The summed E-state index contributed by atoms with van der Waals surface area (Å²) in [4.78, 5) is 35.3. The number of aryl methyl sites for hydroxylation is 1. The second kappa shape index (κ2) is 8.75. The second-order valence-corrected chi connectivity index (χ2v) is 5.62. The second-order valence-electron chi connectivity index (χ2n) is 5.62. The molecule has 0 atom stereocenters. The van der Waals surface area contributed by atoms with E-state index in [4.69, 9.17) is 4.74 Å². The largest absolute Gasteiger partial charge is 0.454 e. The van der Waals surface area contributed by atoms with Crippen LogP contribution in [0.15, 0.2) is 42.5 Å². The topological polar surface area (TPSA) is 84.5 Å². The quantitative estimate of drug-likeness (QED) is 0.777. The lowest BCUT2D eigenvalue weighted by Gasteiger charge is -2.11. The molecule has 2 N–H and O–H groups in total. The molecule has 7 heteroatoms. The molecule has 6 nitrogen and oxygen atoms in total. The molecule has 0 unspecified atom stereocenters. The van der Waals surface area contributed by atoms with E-state index in [9.17, 15) is 18.8 Å². The van der Waals surface area contributed by atoms with Gasteiger partial charge in [0.1, 0.15) is 12.4 Å². The predicted molar refractivity (Wildman–Crippen MR) is 94.2 cm³/mol. The Morgan fingerprint density at radius 1 is 1.04 bits per heavy atom. The van der Waals surface area contributed by atoms with Crippen LogP contribution in [0.2, 0.25) is 0 Å². The van der Waals surface area contributed by atoms with Gasteiger partial charge in [0.25, 0.3) is 11.8 Å². The van der Waals surface area contributed by atoms with Crippen LogP contribution in [0, 0.1) is 19.7 Å². The Hall–Kier alpha value is -3.22. The first kappa shape index (κ1) is 19.1. The molecule has 2 amide bonds. The molecule has 0 bridgehead atoms. The van der Waals surface area contributed by atoms with E-state index < -0.39 is 36.8 Å². The predicted octanol–water partition coefficient (Wildman–Crippen LogP) is 2.35. The molecule has 0 radical (unpaired) electrons. The minimum Gasteiger partial charge on any atom is -0.454 e. The van der Waals surface area contributed by atoms with Crippen molar-refractivity contribution in [1.82, 2.24) is 5.32 Å². The number of anilines is 1. The summed E-state index contributed by atoms with van der Waals surface area (Å²) in [5.74, 6) is -2.72. The van der Waals surface area contributed by atoms with Crippen LogP contribution in [-0.4, -0.2) is 30.9 Å². The van der Waals surface area contributed by atoms with Crippen LogP contribution in [0.4, 0.5) is 10.1 Å². The maximum Gasteiger partial charge on any atom is 0.325 e. The van der Waals surface area contributed by atoms with E-state index in [1.54, 1.807) is 6.07 Å². The Bertz CT molecular complexity index is 836. The van der Waals surface area contributed by atoms with Crippen molar-refractivity contribution in [3.8, 4) is 0 Å². The third-order valence-electron chi connectivity index (χ3n) is 3.75. The number of hydrogen-bond donors (Lipinski definition) is 2. The number of rotatable bonds is 6. The fourth-order valence-corrected chi connectivity index (χ4v) is 2.16. The highest BCUT2D eigenvalue weighted by atomic mass is 19.1. The standard InChI is InChI=1S/C19H19FN2O4/c1-12-6-5-9-16(13(12)2)22-17(23)11-26-18(24)10-21-19(25)14-7-3-4-8-15(14)20/h3-9H,10-11H2,1-2H3,(H,21,25)(H,22,23). The molecule has 0 heterocycles. The zero-order chi connectivity index (χ0) is 19.1. The Morgan fingerprint density at radius 3 is 2.50 bits per heavy atom. The summed E-state index contributed by atoms with van der Waals surface area (Å²) in [6.45, 7) is 2.84. The summed E-state index contributed by atoms with van der Waals surface area (Å²) in [6, 6.07) is 10.9. The van der Waals surface area contributed by atoms with Crippen LogP contribution in [0.25, 0.3) is 0 Å². The van der Waals surface area contributed by atoms with Gasteiger partial charge in [0.2, 0.25) is 0 Å². The van der Waals surface area contributed by atoms with Crippen molar-refractivity contribution in [2.24, 2.45) is 0 Å². The van der Waals surface area contributed by atoms with E-state index in [1.807, 2.05) is 26.0 Å². The highest BCUT2D eigenvalue weighted by Crippen LogP contribution is 2.17. The number of benzene rings is 2. The van der Waals surface area contributed by atoms with Crippen molar-refractivity contribution in [3.05, 3.63) is 65.0 Å². The first-order valence-corrected chi connectivity index (χ1v) is 7.93. The van der Waals surface area contributed by atoms with Gasteiger partial charge in [-0.2, -0.15) is 0 Å². The van der Waals surface area contributed by atoms with Gasteiger partial charge in [-0.15, -0.1) is 0 Å². The molecule has 0 aliphatic heterocycles. The van der Waals surface area contributed by atoms with E-state index in [2.05, 4.69) is 10.6 Å². The van der Waals surface area contributed by atoms with Crippen molar-refractivity contribution >= 4 is 23.5 Å². The third-order valence-corrected chi connectivity index (χ3v) is 3.75. The number of halogens is 1. The minimum absolute atomic E-state index is 0.173. The van der Waals surface area contributed by atoms with E-state index in [0.717, 1.165) is 17.2 Å². The molecule has 0 aromatic heterocycles. The number of ether oxygens (including phenoxy) is 1. The van der Waals surface area contributed by atoms with Crippen LogP contribution < -0.4 is 10.6 Å². The zero-order valence-corrected chi connectivity index (χ0v) is 14.5. The van der Waals surface area contributed by atoms with Gasteiger partial charge in [-0.25, -0.2) is 4.39 Å². The SMILES string of the molecule is Cc1cccc(NC(=O)COC(=O)CNC(=O)c2ccccc2F)c1C. The molecule has 2 rings (SSSR count). The normalized spacial score (nSPS) is 10.1. The third kappa shape index (κ3) is 5.14. The summed E-state index contributed by atoms with van der Waals surface area (Å²) in [7, 11) is 0. The summed E-state index contributed by atoms with van der Waals surface area (Å²) < 4.78 is 18.3. The number of nitrogens with one attached hydrogen (secondary N) is 2. The van der Waals surface area contributed by atoms with Crippen molar-refractivity contribution in [1.29, 1.82) is 0 Å². The fraction of sp³-hybridized carbons (Fsp3) is 0.211. The van der Waals surface area contributed by atoms with Crippen molar-refractivity contribution < 1.29 is 23.5 Å². The van der Waals surface area contributed by atoms with Gasteiger partial charge in [-0.1, -0.05) is 24.3 Å².